The van der Waals surface area contributed by atoms with E-state index in [-0.39, 0.29) is 18.2 Å². The maximum Gasteiger partial charge on any atom is 0.244 e. The molecule has 4 rings (SSSR count). The van der Waals surface area contributed by atoms with Crippen LogP contribution in [0, 0.1) is 6.92 Å². The lowest BCUT2D eigenvalue weighted by Crippen LogP contribution is -2.49. The largest absolute Gasteiger partial charge is 0.487 e. The van der Waals surface area contributed by atoms with Crippen molar-refractivity contribution in [2.75, 3.05) is 37.6 Å². The highest BCUT2D eigenvalue weighted by atomic mass is 32.1. The minimum atomic E-state index is -0.239. The van der Waals surface area contributed by atoms with E-state index in [0.29, 0.717) is 32.0 Å². The number of carbonyl (C=O) groups is 2. The summed E-state index contributed by atoms with van der Waals surface area (Å²) in [4.78, 5) is 33.4. The number of aromatic nitrogens is 1. The molecular formula is C27H30N4O3S. The maximum atomic E-state index is 12.6. The maximum absolute atomic E-state index is 12.6. The van der Waals surface area contributed by atoms with Gasteiger partial charge in [0.2, 0.25) is 11.8 Å². The topological polar surface area (TPSA) is 74.8 Å². The Morgan fingerprint density at radius 3 is 2.54 bits per heavy atom. The van der Waals surface area contributed by atoms with Crippen LogP contribution in [0.1, 0.15) is 22.7 Å². The van der Waals surface area contributed by atoms with Gasteiger partial charge in [-0.15, -0.1) is 11.3 Å². The molecule has 0 bridgehead atoms. The summed E-state index contributed by atoms with van der Waals surface area (Å²) in [6.45, 7) is 5.66. The lowest BCUT2D eigenvalue weighted by molar-refractivity contribution is -0.131. The van der Waals surface area contributed by atoms with Crippen LogP contribution in [0.4, 0.5) is 5.69 Å². The average molecular weight is 491 g/mol. The number of para-hydroxylation sites is 2. The third kappa shape index (κ3) is 7.16. The second-order valence-corrected chi connectivity index (χ2v) is 9.32. The number of nitrogens with zero attached hydrogens (tertiary/aromatic N) is 3. The molecule has 0 aliphatic carbocycles. The quantitative estimate of drug-likeness (QED) is 0.461. The molecule has 1 aromatic heterocycles. The molecule has 182 valence electrons. The molecule has 2 heterocycles. The number of anilines is 1. The molecular weight excluding hydrogens is 460 g/mol. The van der Waals surface area contributed by atoms with Gasteiger partial charge < -0.3 is 19.9 Å². The van der Waals surface area contributed by atoms with E-state index in [4.69, 9.17) is 4.74 Å². The van der Waals surface area contributed by atoms with E-state index in [9.17, 15) is 9.59 Å². The molecule has 1 aliphatic rings. The third-order valence-electron chi connectivity index (χ3n) is 5.77. The summed E-state index contributed by atoms with van der Waals surface area (Å²) in [5.74, 6) is 0.515. The summed E-state index contributed by atoms with van der Waals surface area (Å²) >= 11 is 1.59. The van der Waals surface area contributed by atoms with Gasteiger partial charge in [-0.05, 0) is 31.2 Å². The number of piperazine rings is 1. The Morgan fingerprint density at radius 2 is 1.80 bits per heavy atom. The fraction of sp³-hybridized carbons (Fsp3) is 0.296. The van der Waals surface area contributed by atoms with Crippen LogP contribution in [0.25, 0.3) is 6.08 Å². The fourth-order valence-electron chi connectivity index (χ4n) is 3.90. The van der Waals surface area contributed by atoms with Crippen molar-refractivity contribution in [1.82, 2.24) is 15.2 Å². The van der Waals surface area contributed by atoms with E-state index >= 15 is 0 Å². The molecule has 3 aromatic rings. The van der Waals surface area contributed by atoms with E-state index < -0.39 is 0 Å². The van der Waals surface area contributed by atoms with Gasteiger partial charge in [0, 0.05) is 61.9 Å². The van der Waals surface area contributed by atoms with Crippen LogP contribution in [0.2, 0.25) is 0 Å². The zero-order chi connectivity index (χ0) is 24.5. The molecule has 2 amide bonds. The zero-order valence-corrected chi connectivity index (χ0v) is 20.7. The molecule has 2 aromatic carbocycles. The summed E-state index contributed by atoms with van der Waals surface area (Å²) in [7, 11) is 0. The SMILES string of the molecule is Cc1nc(COc2ccccc2/C=C/C(=O)NCCC(=O)N2CCN(c3ccccc3)CC2)cs1. The van der Waals surface area contributed by atoms with Gasteiger partial charge in [-0.25, -0.2) is 4.98 Å². The van der Waals surface area contributed by atoms with Crippen LogP contribution in [0.3, 0.4) is 0 Å². The number of hydrogen-bond acceptors (Lipinski definition) is 6. The van der Waals surface area contributed by atoms with E-state index in [1.54, 1.807) is 17.4 Å². The first-order valence-electron chi connectivity index (χ1n) is 11.7. The standard InChI is InChI=1S/C27H30N4O3S/c1-21-29-23(20-35-21)19-34-25-10-6-5-7-22(25)11-12-26(32)28-14-13-27(33)31-17-15-30(16-18-31)24-8-3-2-4-9-24/h2-12,20H,13-19H2,1H3,(H,28,32)/b12-11+. The predicted molar refractivity (Wildman–Crippen MR) is 140 cm³/mol. The molecule has 1 aliphatic heterocycles. The Kier molecular flexibility index (Phi) is 8.51. The highest BCUT2D eigenvalue weighted by Crippen LogP contribution is 2.21. The van der Waals surface area contributed by atoms with E-state index in [1.165, 1.54) is 11.8 Å². The van der Waals surface area contributed by atoms with Crippen LogP contribution in [0.15, 0.2) is 66.1 Å². The Labute approximate surface area is 210 Å². The van der Waals surface area contributed by atoms with Crippen molar-refractivity contribution in [2.45, 2.75) is 20.0 Å². The molecule has 0 atom stereocenters. The van der Waals surface area contributed by atoms with Crippen LogP contribution in [-0.4, -0.2) is 54.4 Å². The predicted octanol–water partition coefficient (Wildman–Crippen LogP) is 3.90. The second kappa shape index (κ2) is 12.2. The van der Waals surface area contributed by atoms with Crippen molar-refractivity contribution in [1.29, 1.82) is 0 Å². The second-order valence-electron chi connectivity index (χ2n) is 8.26. The number of nitrogens with one attached hydrogen (secondary N) is 1. The first-order valence-corrected chi connectivity index (χ1v) is 12.6. The summed E-state index contributed by atoms with van der Waals surface area (Å²) in [6.07, 6.45) is 3.48. The van der Waals surface area contributed by atoms with Gasteiger partial charge in [0.25, 0.3) is 0 Å². The van der Waals surface area contributed by atoms with Crippen molar-refractivity contribution < 1.29 is 14.3 Å². The number of thiazole rings is 1. The molecule has 1 fully saturated rings. The lowest BCUT2D eigenvalue weighted by atomic mass is 10.2. The van der Waals surface area contributed by atoms with Crippen molar-refractivity contribution >= 4 is 34.9 Å². The average Bonchev–Trinajstić information content (AvgIpc) is 3.32. The summed E-state index contributed by atoms with van der Waals surface area (Å²) in [5, 5.41) is 5.78. The summed E-state index contributed by atoms with van der Waals surface area (Å²) in [5.41, 5.74) is 2.88. The van der Waals surface area contributed by atoms with Crippen molar-refractivity contribution in [3.63, 3.8) is 0 Å². The van der Waals surface area contributed by atoms with Crippen LogP contribution in [-0.2, 0) is 16.2 Å². The van der Waals surface area contributed by atoms with Crippen molar-refractivity contribution in [2.24, 2.45) is 0 Å². The van der Waals surface area contributed by atoms with Gasteiger partial charge in [0.05, 0.1) is 10.7 Å². The van der Waals surface area contributed by atoms with Gasteiger partial charge >= 0.3 is 0 Å². The van der Waals surface area contributed by atoms with Gasteiger partial charge in [0.1, 0.15) is 12.4 Å². The number of ether oxygens (including phenoxy) is 1. The highest BCUT2D eigenvalue weighted by molar-refractivity contribution is 7.09. The molecule has 0 spiro atoms. The molecule has 0 radical (unpaired) electrons. The monoisotopic (exact) mass is 490 g/mol. The number of carbonyl (C=O) groups excluding carboxylic acids is 2. The molecule has 1 saturated heterocycles. The first-order chi connectivity index (χ1) is 17.1. The number of aryl methyl sites for hydroxylation is 1. The normalized spacial score (nSPS) is 13.7. The Morgan fingerprint density at radius 1 is 1.06 bits per heavy atom. The summed E-state index contributed by atoms with van der Waals surface area (Å²) in [6, 6.07) is 17.8. The van der Waals surface area contributed by atoms with Crippen LogP contribution >= 0.6 is 11.3 Å². The third-order valence-corrected chi connectivity index (χ3v) is 6.59. The number of amides is 2. The highest BCUT2D eigenvalue weighted by Gasteiger charge is 2.20. The summed E-state index contributed by atoms with van der Waals surface area (Å²) < 4.78 is 5.89. The Bertz CT molecular complexity index is 1150. The fourth-order valence-corrected chi connectivity index (χ4v) is 4.50. The number of benzene rings is 2. The van der Waals surface area contributed by atoms with Crippen LogP contribution in [0.5, 0.6) is 5.75 Å². The number of hydrogen-bond donors (Lipinski definition) is 1. The molecule has 0 saturated carbocycles. The van der Waals surface area contributed by atoms with Crippen molar-refractivity contribution in [3.8, 4) is 5.75 Å². The van der Waals surface area contributed by atoms with Crippen molar-refractivity contribution in [3.05, 3.63) is 82.3 Å². The van der Waals surface area contributed by atoms with E-state index in [1.807, 2.05) is 59.7 Å². The Balaban J connectivity index is 1.19. The molecule has 1 N–H and O–H groups in total. The minimum Gasteiger partial charge on any atom is -0.487 e. The molecule has 8 heteroatoms. The van der Waals surface area contributed by atoms with Gasteiger partial charge in [0.15, 0.2) is 0 Å². The van der Waals surface area contributed by atoms with Crippen LogP contribution < -0.4 is 15.0 Å². The van der Waals surface area contributed by atoms with E-state index in [2.05, 4.69) is 27.3 Å². The van der Waals surface area contributed by atoms with E-state index in [0.717, 1.165) is 29.4 Å². The smallest absolute Gasteiger partial charge is 0.244 e. The minimum absolute atomic E-state index is 0.0676. The lowest BCUT2D eigenvalue weighted by Gasteiger charge is -2.36. The van der Waals surface area contributed by atoms with Gasteiger partial charge in [-0.1, -0.05) is 36.4 Å². The van der Waals surface area contributed by atoms with Gasteiger partial charge in [-0.3, -0.25) is 9.59 Å². The zero-order valence-electron chi connectivity index (χ0n) is 19.9. The Hall–Kier alpha value is -3.65. The first kappa shape index (κ1) is 24.5. The molecule has 7 nitrogen and oxygen atoms in total. The molecule has 35 heavy (non-hydrogen) atoms. The van der Waals surface area contributed by atoms with Gasteiger partial charge in [-0.2, -0.15) is 0 Å². The number of rotatable bonds is 9. The molecule has 0 unspecified atom stereocenters.